The third kappa shape index (κ3) is 3.37. The van der Waals surface area contributed by atoms with E-state index in [9.17, 15) is 4.79 Å². The largest absolute Gasteiger partial charge is 0.355 e. The highest BCUT2D eigenvalue weighted by molar-refractivity contribution is 5.70. The molecule has 1 saturated heterocycles. The number of H-pyrrole nitrogens is 1. The van der Waals surface area contributed by atoms with E-state index in [2.05, 4.69) is 46.4 Å². The fourth-order valence-corrected chi connectivity index (χ4v) is 2.61. The van der Waals surface area contributed by atoms with Crippen LogP contribution in [0.4, 0.5) is 5.95 Å². The fourth-order valence-electron chi connectivity index (χ4n) is 2.61. The van der Waals surface area contributed by atoms with E-state index in [1.165, 1.54) is 0 Å². The lowest BCUT2D eigenvalue weighted by molar-refractivity contribution is -0.0759. The van der Waals surface area contributed by atoms with Crippen LogP contribution < -0.4 is 16.2 Å². The molecule has 1 fully saturated rings. The first-order chi connectivity index (χ1) is 11.1. The van der Waals surface area contributed by atoms with Crippen molar-refractivity contribution in [1.29, 1.82) is 0 Å². The van der Waals surface area contributed by atoms with Crippen LogP contribution in [-0.4, -0.2) is 45.3 Å². The number of hydrogen-bond acceptors (Lipinski definition) is 6. The third-order valence-corrected chi connectivity index (χ3v) is 3.92. The number of morpholine rings is 1. The molecule has 3 rings (SSSR count). The summed E-state index contributed by atoms with van der Waals surface area (Å²) in [6.45, 7) is 8.54. The van der Waals surface area contributed by atoms with Crippen molar-refractivity contribution >= 4 is 17.1 Å². The van der Waals surface area contributed by atoms with E-state index < -0.39 is 0 Å². The predicted octanol–water partition coefficient (Wildman–Crippen LogP) is 1.08. The first-order valence-corrected chi connectivity index (χ1v) is 8.15. The Balaban J connectivity index is 1.93. The molecule has 0 amide bonds. The number of rotatable bonds is 5. The molecular weight excluding hydrogens is 296 g/mol. The molecule has 0 spiro atoms. The summed E-state index contributed by atoms with van der Waals surface area (Å²) in [6.07, 6.45) is 2.52. The molecule has 0 aromatic carbocycles. The third-order valence-electron chi connectivity index (χ3n) is 3.92. The number of fused-ring (bicyclic) bond motifs is 1. The molecule has 23 heavy (non-hydrogen) atoms. The maximum atomic E-state index is 12.2. The highest BCUT2D eigenvalue weighted by Gasteiger charge is 2.24. The Labute approximate surface area is 134 Å². The summed E-state index contributed by atoms with van der Waals surface area (Å²) in [6, 6.07) is 0. The summed E-state index contributed by atoms with van der Waals surface area (Å²) in [7, 11) is 0. The summed E-state index contributed by atoms with van der Waals surface area (Å²) in [5, 5.41) is 6.51. The van der Waals surface area contributed by atoms with Crippen LogP contribution in [0.1, 0.15) is 33.4 Å². The lowest BCUT2D eigenvalue weighted by Crippen LogP contribution is -2.42. The molecule has 0 saturated carbocycles. The van der Waals surface area contributed by atoms with Gasteiger partial charge < -0.3 is 15.4 Å². The molecule has 0 aliphatic carbocycles. The minimum atomic E-state index is -0.240. The molecule has 8 heteroatoms. The van der Waals surface area contributed by atoms with Gasteiger partial charge in [0.2, 0.25) is 5.95 Å². The Kier molecular flexibility index (Phi) is 4.63. The molecule has 0 unspecified atom stereocenters. The molecule has 8 nitrogen and oxygen atoms in total. The Morgan fingerprint density at radius 1 is 1.48 bits per heavy atom. The Morgan fingerprint density at radius 2 is 2.30 bits per heavy atom. The van der Waals surface area contributed by atoms with E-state index >= 15 is 0 Å². The first-order valence-electron chi connectivity index (χ1n) is 8.15. The molecule has 2 atom stereocenters. The van der Waals surface area contributed by atoms with Crippen LogP contribution in [0, 0.1) is 5.92 Å². The number of hydrogen-bond donors (Lipinski definition) is 3. The van der Waals surface area contributed by atoms with Crippen LogP contribution in [0.15, 0.2) is 11.1 Å². The van der Waals surface area contributed by atoms with Crippen molar-refractivity contribution in [1.82, 2.24) is 24.8 Å². The zero-order valence-corrected chi connectivity index (χ0v) is 13.8. The second kappa shape index (κ2) is 6.67. The average Bonchev–Trinajstić information content (AvgIpc) is 2.97. The molecule has 3 N–H and O–H groups in total. The fraction of sp³-hybridized carbons (Fsp3) is 0.667. The van der Waals surface area contributed by atoms with E-state index in [1.54, 1.807) is 6.33 Å². The first kappa shape index (κ1) is 15.9. The molecule has 1 aliphatic rings. The number of anilines is 1. The lowest BCUT2D eigenvalue weighted by Gasteiger charge is -2.31. The minimum absolute atomic E-state index is 0.159. The highest BCUT2D eigenvalue weighted by Crippen LogP contribution is 2.20. The second-order valence-corrected chi connectivity index (χ2v) is 6.29. The number of imidazole rings is 1. The zero-order valence-electron chi connectivity index (χ0n) is 13.8. The Morgan fingerprint density at radius 3 is 3.04 bits per heavy atom. The van der Waals surface area contributed by atoms with E-state index in [0.717, 1.165) is 19.5 Å². The monoisotopic (exact) mass is 320 g/mol. The number of nitrogens with zero attached hydrogens (tertiary/aromatic N) is 3. The number of nitrogens with one attached hydrogen (secondary N) is 3. The van der Waals surface area contributed by atoms with E-state index in [4.69, 9.17) is 4.74 Å². The Hall–Kier alpha value is -1.93. The molecule has 2 aromatic rings. The van der Waals surface area contributed by atoms with E-state index in [0.29, 0.717) is 29.6 Å². The van der Waals surface area contributed by atoms with Crippen LogP contribution in [0.5, 0.6) is 0 Å². The molecule has 126 valence electrons. The van der Waals surface area contributed by atoms with Crippen LogP contribution in [0.3, 0.4) is 0 Å². The van der Waals surface area contributed by atoms with Gasteiger partial charge in [0.15, 0.2) is 11.2 Å². The molecule has 1 aliphatic heterocycles. The van der Waals surface area contributed by atoms with Crippen molar-refractivity contribution in [3.05, 3.63) is 16.7 Å². The minimum Gasteiger partial charge on any atom is -0.355 e. The summed E-state index contributed by atoms with van der Waals surface area (Å²) >= 11 is 0. The van der Waals surface area contributed by atoms with Gasteiger partial charge in [0.1, 0.15) is 6.23 Å². The number of aromatic nitrogens is 4. The summed E-state index contributed by atoms with van der Waals surface area (Å²) in [5.41, 5.74) is 0.640. The van der Waals surface area contributed by atoms with Gasteiger partial charge in [-0.3, -0.25) is 14.3 Å². The predicted molar refractivity (Wildman–Crippen MR) is 88.5 cm³/mol. The van der Waals surface area contributed by atoms with E-state index in [-0.39, 0.29) is 17.9 Å². The molecule has 2 aromatic heterocycles. The highest BCUT2D eigenvalue weighted by atomic mass is 16.5. The summed E-state index contributed by atoms with van der Waals surface area (Å²) in [5.74, 6) is 0.922. The van der Waals surface area contributed by atoms with Gasteiger partial charge in [-0.25, -0.2) is 4.98 Å². The maximum absolute atomic E-state index is 12.2. The molecular formula is C15H24N6O2. The average molecular weight is 320 g/mol. The number of aromatic amines is 1. The summed E-state index contributed by atoms with van der Waals surface area (Å²) in [4.78, 5) is 23.6. The van der Waals surface area contributed by atoms with Crippen molar-refractivity contribution in [3.63, 3.8) is 0 Å². The van der Waals surface area contributed by atoms with Crippen molar-refractivity contribution in [2.24, 2.45) is 5.92 Å². The standard InChI is InChI=1S/C15H24N6O2/c1-4-10-6-16-7-11(23-10)21-8-18-12-13(21)19-15(20-14(12)22)17-5-9(2)3/h8-11,16H,4-7H2,1-3H3,(H2,17,19,20,22)/t10-,11-/m1/s1. The van der Waals surface area contributed by atoms with Gasteiger partial charge in [0, 0.05) is 19.6 Å². The van der Waals surface area contributed by atoms with Crippen molar-refractivity contribution < 1.29 is 4.74 Å². The molecule has 0 bridgehead atoms. The van der Waals surface area contributed by atoms with Crippen molar-refractivity contribution in [3.8, 4) is 0 Å². The SMILES string of the molecule is CC[C@@H]1CNC[C@H](n2cnc3c(=O)[nH]c(NCC(C)C)nc32)O1. The van der Waals surface area contributed by atoms with Crippen molar-refractivity contribution in [2.75, 3.05) is 25.0 Å². The van der Waals surface area contributed by atoms with Gasteiger partial charge in [-0.15, -0.1) is 0 Å². The summed E-state index contributed by atoms with van der Waals surface area (Å²) < 4.78 is 7.89. The van der Waals surface area contributed by atoms with Gasteiger partial charge in [0.25, 0.3) is 5.56 Å². The maximum Gasteiger partial charge on any atom is 0.280 e. The van der Waals surface area contributed by atoms with Crippen LogP contribution >= 0.6 is 0 Å². The smallest absolute Gasteiger partial charge is 0.280 e. The second-order valence-electron chi connectivity index (χ2n) is 6.29. The molecule has 3 heterocycles. The van der Waals surface area contributed by atoms with Gasteiger partial charge in [-0.05, 0) is 12.3 Å². The topological polar surface area (TPSA) is 96.9 Å². The normalized spacial score (nSPS) is 21.9. The van der Waals surface area contributed by atoms with Crippen LogP contribution in [0.2, 0.25) is 0 Å². The van der Waals surface area contributed by atoms with Crippen LogP contribution in [-0.2, 0) is 4.74 Å². The lowest BCUT2D eigenvalue weighted by atomic mass is 10.2. The van der Waals surface area contributed by atoms with E-state index in [1.807, 2.05) is 4.57 Å². The van der Waals surface area contributed by atoms with Crippen molar-refractivity contribution in [2.45, 2.75) is 39.5 Å². The van der Waals surface area contributed by atoms with Gasteiger partial charge in [-0.1, -0.05) is 20.8 Å². The van der Waals surface area contributed by atoms with Gasteiger partial charge in [-0.2, -0.15) is 4.98 Å². The van der Waals surface area contributed by atoms with Crippen LogP contribution in [0.25, 0.3) is 11.2 Å². The Bertz CT molecular complexity index is 722. The molecule has 0 radical (unpaired) electrons. The van der Waals surface area contributed by atoms with Gasteiger partial charge in [0.05, 0.1) is 12.4 Å². The quantitative estimate of drug-likeness (QED) is 0.763. The van der Waals surface area contributed by atoms with Gasteiger partial charge >= 0.3 is 0 Å². The number of ether oxygens (including phenoxy) is 1. The zero-order chi connectivity index (χ0) is 16.4.